The monoisotopic (exact) mass is 261 g/mol. The molecule has 0 aliphatic heterocycles. The number of hydrogen-bond acceptors (Lipinski definition) is 2. The molecule has 19 heavy (non-hydrogen) atoms. The first-order valence-electron chi connectivity index (χ1n) is 6.77. The van der Waals surface area contributed by atoms with E-state index in [1.807, 2.05) is 36.5 Å². The van der Waals surface area contributed by atoms with E-state index in [0.29, 0.717) is 11.8 Å². The summed E-state index contributed by atoms with van der Waals surface area (Å²) in [4.78, 5) is 11.6. The molecule has 0 aromatic heterocycles. The number of benzene rings is 1. The van der Waals surface area contributed by atoms with E-state index >= 15 is 0 Å². The SMILES string of the molecule is CCC(/C=N/NC(=O)Nc1ccccc1)CC(C)C. The number of nitrogens with zero attached hydrogens (tertiary/aromatic N) is 1. The highest BCUT2D eigenvalue weighted by atomic mass is 16.2. The molecule has 0 aliphatic carbocycles. The minimum absolute atomic E-state index is 0.318. The van der Waals surface area contributed by atoms with Gasteiger partial charge in [-0.05, 0) is 36.8 Å². The molecule has 1 unspecified atom stereocenters. The van der Waals surface area contributed by atoms with Crippen LogP contribution < -0.4 is 10.7 Å². The largest absolute Gasteiger partial charge is 0.339 e. The average molecular weight is 261 g/mol. The Hall–Kier alpha value is -1.84. The summed E-state index contributed by atoms with van der Waals surface area (Å²) in [6.45, 7) is 6.50. The summed E-state index contributed by atoms with van der Waals surface area (Å²) < 4.78 is 0. The molecule has 1 aromatic rings. The first-order chi connectivity index (χ1) is 9.11. The van der Waals surface area contributed by atoms with Crippen LogP contribution in [0.25, 0.3) is 0 Å². The van der Waals surface area contributed by atoms with Crippen molar-refractivity contribution in [2.75, 3.05) is 5.32 Å². The number of anilines is 1. The smallest absolute Gasteiger partial charge is 0.307 e. The van der Waals surface area contributed by atoms with Gasteiger partial charge < -0.3 is 5.32 Å². The third kappa shape index (κ3) is 6.60. The van der Waals surface area contributed by atoms with Gasteiger partial charge in [-0.15, -0.1) is 0 Å². The molecule has 0 aliphatic rings. The van der Waals surface area contributed by atoms with Gasteiger partial charge in [0.1, 0.15) is 0 Å². The molecule has 4 nitrogen and oxygen atoms in total. The van der Waals surface area contributed by atoms with Crippen LogP contribution >= 0.6 is 0 Å². The Bertz CT molecular complexity index is 401. The number of carbonyl (C=O) groups excluding carboxylic acids is 1. The highest BCUT2D eigenvalue weighted by Crippen LogP contribution is 2.12. The lowest BCUT2D eigenvalue weighted by atomic mass is 9.96. The number of hydrazone groups is 1. The third-order valence-electron chi connectivity index (χ3n) is 2.78. The van der Waals surface area contributed by atoms with E-state index in [2.05, 4.69) is 36.6 Å². The zero-order chi connectivity index (χ0) is 14.1. The molecule has 1 rings (SSSR count). The summed E-state index contributed by atoms with van der Waals surface area (Å²) in [6.07, 6.45) is 3.94. The second kappa shape index (κ2) is 8.29. The van der Waals surface area contributed by atoms with E-state index < -0.39 is 0 Å². The van der Waals surface area contributed by atoms with Crippen molar-refractivity contribution in [2.45, 2.75) is 33.6 Å². The molecule has 1 atom stereocenters. The molecule has 4 heteroatoms. The number of carbonyl (C=O) groups is 1. The molecular formula is C15H23N3O. The van der Waals surface area contributed by atoms with Gasteiger partial charge in [0.25, 0.3) is 0 Å². The lowest BCUT2D eigenvalue weighted by molar-refractivity contribution is 0.252. The van der Waals surface area contributed by atoms with Crippen molar-refractivity contribution >= 4 is 17.9 Å². The van der Waals surface area contributed by atoms with Gasteiger partial charge in [0.05, 0.1) is 0 Å². The summed E-state index contributed by atoms with van der Waals surface area (Å²) in [6, 6.07) is 8.98. The normalized spacial score (nSPS) is 12.6. The van der Waals surface area contributed by atoms with Crippen molar-refractivity contribution in [3.05, 3.63) is 30.3 Å². The summed E-state index contributed by atoms with van der Waals surface area (Å²) in [5.41, 5.74) is 3.24. The molecule has 2 amide bonds. The molecule has 1 aromatic carbocycles. The minimum Gasteiger partial charge on any atom is -0.307 e. The number of para-hydroxylation sites is 1. The third-order valence-corrected chi connectivity index (χ3v) is 2.78. The topological polar surface area (TPSA) is 53.5 Å². The summed E-state index contributed by atoms with van der Waals surface area (Å²) in [5, 5.41) is 6.72. The second-order valence-electron chi connectivity index (χ2n) is 5.01. The van der Waals surface area contributed by atoms with E-state index in [9.17, 15) is 4.79 Å². The van der Waals surface area contributed by atoms with Crippen LogP contribution in [0.2, 0.25) is 0 Å². The highest BCUT2D eigenvalue weighted by molar-refractivity contribution is 5.89. The van der Waals surface area contributed by atoms with E-state index in [0.717, 1.165) is 18.5 Å². The molecule has 0 radical (unpaired) electrons. The second-order valence-corrected chi connectivity index (χ2v) is 5.01. The lowest BCUT2D eigenvalue weighted by Crippen LogP contribution is -2.24. The minimum atomic E-state index is -0.318. The van der Waals surface area contributed by atoms with Crippen LogP contribution in [0.1, 0.15) is 33.6 Å². The van der Waals surface area contributed by atoms with Gasteiger partial charge in [-0.3, -0.25) is 0 Å². The van der Waals surface area contributed by atoms with Crippen LogP contribution in [-0.4, -0.2) is 12.2 Å². The summed E-state index contributed by atoms with van der Waals surface area (Å²) >= 11 is 0. The number of hydrogen-bond donors (Lipinski definition) is 2. The fourth-order valence-electron chi connectivity index (χ4n) is 1.82. The fraction of sp³-hybridized carbons (Fsp3) is 0.467. The van der Waals surface area contributed by atoms with Crippen LogP contribution in [0.4, 0.5) is 10.5 Å². The van der Waals surface area contributed by atoms with Crippen molar-refractivity contribution in [1.82, 2.24) is 5.43 Å². The van der Waals surface area contributed by atoms with Crippen LogP contribution in [0.15, 0.2) is 35.4 Å². The van der Waals surface area contributed by atoms with Gasteiger partial charge in [-0.2, -0.15) is 5.10 Å². The Labute approximate surface area is 115 Å². The average Bonchev–Trinajstić information content (AvgIpc) is 2.38. The molecule has 0 saturated heterocycles. The quantitative estimate of drug-likeness (QED) is 0.593. The van der Waals surface area contributed by atoms with E-state index in [1.165, 1.54) is 0 Å². The van der Waals surface area contributed by atoms with Gasteiger partial charge in [-0.1, -0.05) is 39.0 Å². The first-order valence-corrected chi connectivity index (χ1v) is 6.77. The van der Waals surface area contributed by atoms with Crippen molar-refractivity contribution < 1.29 is 4.79 Å². The summed E-state index contributed by atoms with van der Waals surface area (Å²) in [7, 11) is 0. The van der Waals surface area contributed by atoms with Crippen LogP contribution in [0.5, 0.6) is 0 Å². The summed E-state index contributed by atoms with van der Waals surface area (Å²) in [5.74, 6) is 1.05. The maximum absolute atomic E-state index is 11.6. The molecule has 0 bridgehead atoms. The van der Waals surface area contributed by atoms with Crippen molar-refractivity contribution in [2.24, 2.45) is 16.9 Å². The predicted octanol–water partition coefficient (Wildman–Crippen LogP) is 3.87. The van der Waals surface area contributed by atoms with E-state index in [-0.39, 0.29) is 6.03 Å². The number of urea groups is 1. The Morgan fingerprint density at radius 3 is 2.58 bits per heavy atom. The van der Waals surface area contributed by atoms with Gasteiger partial charge in [0.15, 0.2) is 0 Å². The van der Waals surface area contributed by atoms with Crippen LogP contribution in [0.3, 0.4) is 0 Å². The van der Waals surface area contributed by atoms with Crippen molar-refractivity contribution in [1.29, 1.82) is 0 Å². The highest BCUT2D eigenvalue weighted by Gasteiger charge is 2.06. The Balaban J connectivity index is 2.36. The standard InChI is InChI=1S/C15H23N3O/c1-4-13(10-12(2)3)11-16-18-15(19)17-14-8-6-5-7-9-14/h5-9,11-13H,4,10H2,1-3H3,(H2,17,18,19)/b16-11+. The number of nitrogens with one attached hydrogen (secondary N) is 2. The molecule has 104 valence electrons. The van der Waals surface area contributed by atoms with E-state index in [1.54, 1.807) is 0 Å². The van der Waals surface area contributed by atoms with E-state index in [4.69, 9.17) is 0 Å². The first kappa shape index (κ1) is 15.2. The number of rotatable bonds is 6. The lowest BCUT2D eigenvalue weighted by Gasteiger charge is -2.11. The predicted molar refractivity (Wildman–Crippen MR) is 80.3 cm³/mol. The van der Waals surface area contributed by atoms with Crippen molar-refractivity contribution in [3.63, 3.8) is 0 Å². The molecule has 0 fully saturated rings. The maximum Gasteiger partial charge on any atom is 0.339 e. The molecule has 2 N–H and O–H groups in total. The molecule has 0 saturated carbocycles. The Morgan fingerprint density at radius 1 is 1.32 bits per heavy atom. The maximum atomic E-state index is 11.6. The fourth-order valence-corrected chi connectivity index (χ4v) is 1.82. The van der Waals surface area contributed by atoms with Crippen LogP contribution in [0, 0.1) is 11.8 Å². The molecular weight excluding hydrogens is 238 g/mol. The van der Waals surface area contributed by atoms with Crippen LogP contribution in [-0.2, 0) is 0 Å². The zero-order valence-electron chi connectivity index (χ0n) is 11.9. The van der Waals surface area contributed by atoms with Gasteiger partial charge in [-0.25, -0.2) is 10.2 Å². The Kier molecular flexibility index (Phi) is 6.64. The zero-order valence-corrected chi connectivity index (χ0v) is 11.9. The number of amides is 2. The molecule has 0 spiro atoms. The Morgan fingerprint density at radius 2 is 2.00 bits per heavy atom. The molecule has 0 heterocycles. The van der Waals surface area contributed by atoms with Crippen molar-refractivity contribution in [3.8, 4) is 0 Å². The van der Waals surface area contributed by atoms with Gasteiger partial charge >= 0.3 is 6.03 Å². The van der Waals surface area contributed by atoms with Gasteiger partial charge in [0, 0.05) is 11.9 Å². The van der Waals surface area contributed by atoms with Gasteiger partial charge in [0.2, 0.25) is 0 Å².